The Hall–Kier alpha value is -2.78. The Balaban J connectivity index is 1.45. The predicted molar refractivity (Wildman–Crippen MR) is 146 cm³/mol. The van der Waals surface area contributed by atoms with Gasteiger partial charge in [0, 0.05) is 5.92 Å². The second-order valence-electron chi connectivity index (χ2n) is 10.5. The van der Waals surface area contributed by atoms with Crippen molar-refractivity contribution in [2.75, 3.05) is 12.3 Å². The van der Waals surface area contributed by atoms with Gasteiger partial charge in [0.2, 0.25) is 5.95 Å². The van der Waals surface area contributed by atoms with Gasteiger partial charge in [-0.15, -0.1) is 0 Å². The highest BCUT2D eigenvalue weighted by atomic mass is 35.5. The van der Waals surface area contributed by atoms with Crippen LogP contribution in [0.5, 0.6) is 0 Å². The average Bonchev–Trinajstić information content (AvgIpc) is 3.43. The number of nitrogen functional groups attached to an aromatic ring is 1. The summed E-state index contributed by atoms with van der Waals surface area (Å²) in [5, 5.41) is 2.67. The molecule has 0 bridgehead atoms. The summed E-state index contributed by atoms with van der Waals surface area (Å²) in [6.07, 6.45) is 2.25. The first-order chi connectivity index (χ1) is 17.2. The molecule has 4 aromatic rings. The molecule has 1 saturated heterocycles. The number of nitrogens with two attached hydrogens (primary N) is 1. The number of ether oxygens (including phenoxy) is 1. The van der Waals surface area contributed by atoms with Gasteiger partial charge in [0.1, 0.15) is 11.7 Å². The zero-order valence-corrected chi connectivity index (χ0v) is 22.8. The third-order valence-electron chi connectivity index (χ3n) is 7.03. The molecule has 3 atom stereocenters. The van der Waals surface area contributed by atoms with Crippen LogP contribution in [0.25, 0.3) is 11.2 Å². The van der Waals surface area contributed by atoms with Crippen LogP contribution in [0.4, 0.5) is 5.95 Å². The second kappa shape index (κ2) is 9.59. The van der Waals surface area contributed by atoms with Gasteiger partial charge in [0.25, 0.3) is 8.32 Å². The van der Waals surface area contributed by atoms with E-state index in [1.165, 1.54) is 10.4 Å². The minimum Gasteiger partial charge on any atom is -0.405 e. The molecule has 36 heavy (non-hydrogen) atoms. The largest absolute Gasteiger partial charge is 0.405 e. The van der Waals surface area contributed by atoms with E-state index in [-0.39, 0.29) is 34.4 Å². The zero-order chi connectivity index (χ0) is 25.5. The molecule has 5 rings (SSSR count). The molecule has 0 amide bonds. The van der Waals surface area contributed by atoms with E-state index in [1.807, 2.05) is 4.57 Å². The molecule has 1 aliphatic heterocycles. The van der Waals surface area contributed by atoms with Crippen molar-refractivity contribution >= 4 is 47.4 Å². The fourth-order valence-electron chi connectivity index (χ4n) is 5.43. The van der Waals surface area contributed by atoms with Crippen LogP contribution < -0.4 is 16.1 Å². The predicted octanol–water partition coefficient (Wildman–Crippen LogP) is 4.56. The highest BCUT2D eigenvalue weighted by molar-refractivity contribution is 6.99. The van der Waals surface area contributed by atoms with Crippen LogP contribution in [0, 0.1) is 5.92 Å². The Bertz CT molecular complexity index is 1300. The molecule has 9 heteroatoms. The number of hydrogen-bond acceptors (Lipinski definition) is 6. The lowest BCUT2D eigenvalue weighted by Crippen LogP contribution is -2.67. The molecule has 1 aliphatic rings. The summed E-state index contributed by atoms with van der Waals surface area (Å²) in [6.45, 7) is 9.52. The van der Waals surface area contributed by atoms with Crippen LogP contribution in [0.1, 0.15) is 40.3 Å². The van der Waals surface area contributed by atoms with Crippen LogP contribution >= 0.6 is 11.6 Å². The highest BCUT2D eigenvalue weighted by Gasteiger charge is 2.51. The summed E-state index contributed by atoms with van der Waals surface area (Å²) < 4.78 is 15.6. The van der Waals surface area contributed by atoms with Crippen LogP contribution in [0.2, 0.25) is 10.2 Å². The number of hydrogen-bond donors (Lipinski definition) is 1. The quantitative estimate of drug-likeness (QED) is 0.295. The molecule has 0 saturated carbocycles. The monoisotopic (exact) mass is 521 g/mol. The van der Waals surface area contributed by atoms with Crippen molar-refractivity contribution in [1.82, 2.24) is 19.5 Å². The van der Waals surface area contributed by atoms with Gasteiger partial charge in [-0.3, -0.25) is 4.57 Å². The van der Waals surface area contributed by atoms with Gasteiger partial charge in [-0.1, -0.05) is 100.0 Å². The fraction of sp³-hybridized carbons (Fsp3) is 0.370. The third-order valence-corrected chi connectivity index (χ3v) is 12.3. The standard InChI is InChI=1S/C27H32ClN5O2Si/c1-18-15-19(35-25(18)33-17-30-22-23(28)31-26(29)32-24(22)33)16-34-36(27(2,3)4,20-11-7-5-8-12-20)21-13-9-6-10-14-21/h5-14,17-19,25H,15-16H2,1-4H3,(H2,29,31,32)/t18-,19+,25+/m1/s1. The van der Waals surface area contributed by atoms with Crippen molar-refractivity contribution in [3.63, 3.8) is 0 Å². The molecular weight excluding hydrogens is 490 g/mol. The van der Waals surface area contributed by atoms with Gasteiger partial charge in [-0.25, -0.2) is 4.98 Å². The van der Waals surface area contributed by atoms with Crippen LogP contribution in [-0.2, 0) is 9.16 Å². The van der Waals surface area contributed by atoms with Crippen molar-refractivity contribution in [3.05, 3.63) is 72.1 Å². The molecule has 2 N–H and O–H groups in total. The Labute approximate surface area is 217 Å². The maximum atomic E-state index is 7.11. The van der Waals surface area contributed by atoms with Crippen LogP contribution in [-0.4, -0.2) is 40.5 Å². The number of imidazole rings is 1. The number of halogens is 1. The van der Waals surface area contributed by atoms with Crippen LogP contribution in [0.3, 0.4) is 0 Å². The molecule has 3 heterocycles. The van der Waals surface area contributed by atoms with E-state index < -0.39 is 8.32 Å². The number of anilines is 1. The van der Waals surface area contributed by atoms with Gasteiger partial charge in [-0.2, -0.15) is 9.97 Å². The van der Waals surface area contributed by atoms with Crippen molar-refractivity contribution < 1.29 is 9.16 Å². The number of aromatic nitrogens is 4. The molecule has 0 unspecified atom stereocenters. The van der Waals surface area contributed by atoms with E-state index in [1.54, 1.807) is 6.33 Å². The number of benzene rings is 2. The molecule has 0 radical (unpaired) electrons. The first kappa shape index (κ1) is 24.9. The van der Waals surface area contributed by atoms with Gasteiger partial charge >= 0.3 is 0 Å². The third kappa shape index (κ3) is 4.32. The van der Waals surface area contributed by atoms with Crippen molar-refractivity contribution in [1.29, 1.82) is 0 Å². The first-order valence-corrected chi connectivity index (χ1v) is 14.6. The number of rotatable bonds is 6. The van der Waals surface area contributed by atoms with E-state index in [2.05, 4.69) is 103 Å². The molecule has 0 aliphatic carbocycles. The molecule has 188 valence electrons. The molecule has 2 aromatic heterocycles. The zero-order valence-electron chi connectivity index (χ0n) is 21.1. The summed E-state index contributed by atoms with van der Waals surface area (Å²) in [5.74, 6) is 0.344. The average molecular weight is 522 g/mol. The fourth-order valence-corrected chi connectivity index (χ4v) is 10.2. The molecule has 0 spiro atoms. The van der Waals surface area contributed by atoms with Crippen molar-refractivity contribution in [3.8, 4) is 0 Å². The minimum atomic E-state index is -2.64. The van der Waals surface area contributed by atoms with Crippen molar-refractivity contribution in [2.24, 2.45) is 5.92 Å². The Morgan fingerprint density at radius 2 is 1.67 bits per heavy atom. The van der Waals surface area contributed by atoms with E-state index in [9.17, 15) is 0 Å². The number of nitrogens with zero attached hydrogens (tertiary/aromatic N) is 4. The lowest BCUT2D eigenvalue weighted by Gasteiger charge is -2.43. The van der Waals surface area contributed by atoms with E-state index in [0.717, 1.165) is 6.42 Å². The van der Waals surface area contributed by atoms with E-state index >= 15 is 0 Å². The lowest BCUT2D eigenvalue weighted by molar-refractivity contribution is -0.0266. The van der Waals surface area contributed by atoms with Gasteiger partial charge in [0.15, 0.2) is 10.8 Å². The Morgan fingerprint density at radius 1 is 1.06 bits per heavy atom. The molecular formula is C27H32ClN5O2Si. The van der Waals surface area contributed by atoms with Crippen LogP contribution in [0.15, 0.2) is 67.0 Å². The van der Waals surface area contributed by atoms with E-state index in [0.29, 0.717) is 17.8 Å². The molecule has 2 aromatic carbocycles. The highest BCUT2D eigenvalue weighted by Crippen LogP contribution is 2.40. The van der Waals surface area contributed by atoms with E-state index in [4.69, 9.17) is 26.5 Å². The normalized spacial score (nSPS) is 20.8. The molecule has 7 nitrogen and oxygen atoms in total. The molecule has 1 fully saturated rings. The van der Waals surface area contributed by atoms with Crippen molar-refractivity contribution in [2.45, 2.75) is 51.5 Å². The SMILES string of the molecule is C[C@@H]1C[C@@H](CO[Si](c2ccccc2)(c2ccccc2)C(C)(C)C)O[C@@H]1n1cnc2c(Cl)nc(N)nc21. The summed E-state index contributed by atoms with van der Waals surface area (Å²) in [5.41, 5.74) is 6.96. The first-order valence-electron chi connectivity index (χ1n) is 12.3. The summed E-state index contributed by atoms with van der Waals surface area (Å²) >= 11 is 6.24. The lowest BCUT2D eigenvalue weighted by atomic mass is 10.1. The topological polar surface area (TPSA) is 88.1 Å². The summed E-state index contributed by atoms with van der Waals surface area (Å²) in [7, 11) is -2.64. The summed E-state index contributed by atoms with van der Waals surface area (Å²) in [6, 6.07) is 21.3. The Kier molecular flexibility index (Phi) is 6.63. The Morgan fingerprint density at radius 3 is 2.25 bits per heavy atom. The van der Waals surface area contributed by atoms with Gasteiger partial charge in [-0.05, 0) is 21.8 Å². The second-order valence-corrected chi connectivity index (χ2v) is 15.2. The maximum absolute atomic E-state index is 7.11. The maximum Gasteiger partial charge on any atom is 0.261 e. The van der Waals surface area contributed by atoms with Gasteiger partial charge in [0.05, 0.1) is 19.0 Å². The smallest absolute Gasteiger partial charge is 0.261 e. The van der Waals surface area contributed by atoms with Gasteiger partial charge < -0.3 is 14.9 Å². The minimum absolute atomic E-state index is 0.0706. The summed E-state index contributed by atoms with van der Waals surface area (Å²) in [4.78, 5) is 12.8. The number of fused-ring (bicyclic) bond motifs is 1.